The van der Waals surface area contributed by atoms with Gasteiger partial charge in [-0.2, -0.15) is 18.1 Å². The second-order valence-corrected chi connectivity index (χ2v) is 8.66. The van der Waals surface area contributed by atoms with E-state index in [2.05, 4.69) is 15.5 Å². The first kappa shape index (κ1) is 25.2. The van der Waals surface area contributed by atoms with Gasteiger partial charge in [-0.25, -0.2) is 13.6 Å². The van der Waals surface area contributed by atoms with Gasteiger partial charge in [0.05, 0.1) is 5.56 Å². The molecule has 0 unspecified atom stereocenters. The molecule has 1 atom stereocenters. The van der Waals surface area contributed by atoms with Crippen molar-refractivity contribution in [1.29, 1.82) is 0 Å². The number of amides is 2. The maximum Gasteiger partial charge on any atom is 0.417 e. The second-order valence-electron chi connectivity index (χ2n) is 7.50. The highest BCUT2D eigenvalue weighted by molar-refractivity contribution is 14.1. The highest BCUT2D eigenvalue weighted by Crippen LogP contribution is 2.38. The predicted molar refractivity (Wildman–Crippen MR) is 117 cm³/mol. The zero-order valence-electron chi connectivity index (χ0n) is 16.9. The van der Waals surface area contributed by atoms with Crippen LogP contribution < -0.4 is 5.32 Å². The molecule has 2 amide bonds. The number of anilines is 1. The van der Waals surface area contributed by atoms with Crippen LogP contribution in [0.25, 0.3) is 0 Å². The fourth-order valence-electron chi connectivity index (χ4n) is 3.47. The van der Waals surface area contributed by atoms with E-state index in [9.17, 15) is 32.4 Å². The zero-order valence-corrected chi connectivity index (χ0v) is 19.0. The number of aliphatic hydroxyl groups is 1. The molecule has 13 heteroatoms. The van der Waals surface area contributed by atoms with E-state index in [1.54, 1.807) is 0 Å². The number of rotatable bonds is 5. The summed E-state index contributed by atoms with van der Waals surface area (Å²) in [6.07, 6.45) is -5.31. The van der Waals surface area contributed by atoms with Gasteiger partial charge in [0.2, 0.25) is 0 Å². The van der Waals surface area contributed by atoms with Crippen molar-refractivity contribution in [3.8, 4) is 0 Å². The molecule has 0 radical (unpaired) electrons. The molecule has 0 saturated carbocycles. The standard InChI is InChI=1S/C20H18F5IN4O3/c21-14-7-11(16(31)10-28-33)9-27-17(14)19(22)3-5-30(6-4-19)18(32)29-12-1-2-13(15(26)8-12)20(23,24)25/h1-2,7-9,16,31H,3-6,10H2,(H,29,32)/t16-/m1/s1. The number of urea groups is 1. The third-order valence-corrected chi connectivity index (χ3v) is 6.18. The molecule has 1 aromatic heterocycles. The number of likely N-dealkylation sites (tertiary alicyclic amines) is 1. The van der Waals surface area contributed by atoms with Crippen LogP contribution in [0.1, 0.15) is 35.8 Å². The Bertz CT molecular complexity index is 1040. The fraction of sp³-hybridized carbons (Fsp3) is 0.400. The van der Waals surface area contributed by atoms with Crippen molar-refractivity contribution in [2.45, 2.75) is 30.8 Å². The number of aliphatic hydroxyl groups excluding tert-OH is 1. The molecule has 0 aliphatic carbocycles. The summed E-state index contributed by atoms with van der Waals surface area (Å²) in [5, 5.41) is 14.7. The van der Waals surface area contributed by atoms with Gasteiger partial charge in [0.1, 0.15) is 24.2 Å². The molecule has 2 N–H and O–H groups in total. The minimum absolute atomic E-state index is 0.0116. The molecule has 1 fully saturated rings. The molecule has 2 aromatic rings. The van der Waals surface area contributed by atoms with Crippen LogP contribution in [-0.2, 0) is 11.8 Å². The van der Waals surface area contributed by atoms with E-state index < -0.39 is 47.6 Å². The zero-order chi connectivity index (χ0) is 24.4. The van der Waals surface area contributed by atoms with Crippen LogP contribution in [0.5, 0.6) is 0 Å². The Kier molecular flexibility index (Phi) is 7.51. The lowest BCUT2D eigenvalue weighted by Crippen LogP contribution is -2.45. The Balaban J connectivity index is 1.65. The molecular formula is C20H18F5IN4O3. The Morgan fingerprint density at radius 3 is 2.52 bits per heavy atom. The van der Waals surface area contributed by atoms with E-state index >= 15 is 4.39 Å². The maximum absolute atomic E-state index is 15.4. The average molecular weight is 584 g/mol. The Morgan fingerprint density at radius 2 is 1.97 bits per heavy atom. The van der Waals surface area contributed by atoms with E-state index in [1.807, 2.05) is 0 Å². The first-order valence-corrected chi connectivity index (χ1v) is 10.8. The number of hydrogen-bond donors (Lipinski definition) is 2. The number of pyridine rings is 1. The molecule has 1 saturated heterocycles. The van der Waals surface area contributed by atoms with Crippen molar-refractivity contribution in [1.82, 2.24) is 9.88 Å². The average Bonchev–Trinajstić information content (AvgIpc) is 2.73. The van der Waals surface area contributed by atoms with Gasteiger partial charge in [0, 0.05) is 46.9 Å². The second kappa shape index (κ2) is 9.83. The van der Waals surface area contributed by atoms with Crippen molar-refractivity contribution >= 4 is 34.3 Å². The number of nitrogens with zero attached hydrogens (tertiary/aromatic N) is 3. The van der Waals surface area contributed by atoms with Gasteiger partial charge in [0.15, 0.2) is 5.67 Å². The highest BCUT2D eigenvalue weighted by atomic mass is 127. The quantitative estimate of drug-likeness (QED) is 0.289. The predicted octanol–water partition coefficient (Wildman–Crippen LogP) is 5.14. The molecule has 3 rings (SSSR count). The smallest absolute Gasteiger partial charge is 0.386 e. The molecule has 1 aliphatic rings. The number of alkyl halides is 4. The summed E-state index contributed by atoms with van der Waals surface area (Å²) < 4.78 is 68.4. The summed E-state index contributed by atoms with van der Waals surface area (Å²) in [5.74, 6) is -0.989. The number of benzene rings is 1. The number of piperidine rings is 1. The van der Waals surface area contributed by atoms with E-state index in [-0.39, 0.29) is 40.8 Å². The SMILES string of the molecule is O=NC[C@@H](O)c1cnc(C2(F)CCN(C(=O)Nc3ccc(C(F)(F)F)c(I)c3)CC2)c(F)c1. The van der Waals surface area contributed by atoms with Gasteiger partial charge in [-0.15, -0.1) is 0 Å². The molecular weight excluding hydrogens is 566 g/mol. The molecule has 0 spiro atoms. The van der Waals surface area contributed by atoms with Crippen molar-refractivity contribution in [3.63, 3.8) is 0 Å². The lowest BCUT2D eigenvalue weighted by molar-refractivity contribution is -0.138. The monoisotopic (exact) mass is 584 g/mol. The van der Waals surface area contributed by atoms with Crippen molar-refractivity contribution < 1.29 is 31.9 Å². The van der Waals surface area contributed by atoms with Crippen LogP contribution in [0.2, 0.25) is 0 Å². The van der Waals surface area contributed by atoms with Crippen LogP contribution in [0.15, 0.2) is 35.6 Å². The molecule has 1 aromatic carbocycles. The fourth-order valence-corrected chi connectivity index (χ4v) is 4.29. The number of halogens is 6. The summed E-state index contributed by atoms with van der Waals surface area (Å²) >= 11 is 1.52. The lowest BCUT2D eigenvalue weighted by Gasteiger charge is -2.36. The third-order valence-electron chi connectivity index (χ3n) is 5.29. The molecule has 7 nitrogen and oxygen atoms in total. The first-order valence-electron chi connectivity index (χ1n) is 9.69. The largest absolute Gasteiger partial charge is 0.417 e. The summed E-state index contributed by atoms with van der Waals surface area (Å²) in [6.45, 7) is -0.662. The minimum atomic E-state index is -4.51. The number of hydrogen-bond acceptors (Lipinski definition) is 5. The summed E-state index contributed by atoms with van der Waals surface area (Å²) in [6, 6.07) is 3.44. The van der Waals surface area contributed by atoms with Crippen LogP contribution in [0, 0.1) is 14.3 Å². The molecule has 0 bridgehead atoms. The van der Waals surface area contributed by atoms with Gasteiger partial charge < -0.3 is 15.3 Å². The summed E-state index contributed by atoms with van der Waals surface area (Å²) in [4.78, 5) is 27.8. The number of nitroso groups, excluding NO2 is 1. The van der Waals surface area contributed by atoms with Crippen molar-refractivity contribution in [2.75, 3.05) is 25.0 Å². The van der Waals surface area contributed by atoms with Gasteiger partial charge in [0.25, 0.3) is 0 Å². The van der Waals surface area contributed by atoms with E-state index in [1.165, 1.54) is 33.6 Å². The molecule has 1 aliphatic heterocycles. The van der Waals surface area contributed by atoms with Crippen molar-refractivity contribution in [3.05, 3.63) is 61.6 Å². The Morgan fingerprint density at radius 1 is 1.30 bits per heavy atom. The number of aromatic nitrogens is 1. The van der Waals surface area contributed by atoms with E-state index in [4.69, 9.17) is 0 Å². The Hall–Kier alpha value is -2.42. The van der Waals surface area contributed by atoms with Gasteiger partial charge in [-0.05, 0) is 46.9 Å². The van der Waals surface area contributed by atoms with Crippen molar-refractivity contribution in [2.24, 2.45) is 5.18 Å². The van der Waals surface area contributed by atoms with E-state index in [0.29, 0.717) is 0 Å². The van der Waals surface area contributed by atoms with Crippen LogP contribution in [0.3, 0.4) is 0 Å². The number of nitrogens with one attached hydrogen (secondary N) is 1. The third kappa shape index (κ3) is 5.75. The molecule has 178 valence electrons. The summed E-state index contributed by atoms with van der Waals surface area (Å²) in [5.41, 5.74) is -3.30. The first-order chi connectivity index (χ1) is 15.4. The van der Waals surface area contributed by atoms with Crippen LogP contribution in [0.4, 0.5) is 32.4 Å². The number of carbonyl (C=O) groups excluding carboxylic acids is 1. The van der Waals surface area contributed by atoms with Gasteiger partial charge in [-0.3, -0.25) is 4.98 Å². The van der Waals surface area contributed by atoms with Gasteiger partial charge >= 0.3 is 12.2 Å². The maximum atomic E-state index is 15.4. The molecule has 33 heavy (non-hydrogen) atoms. The van der Waals surface area contributed by atoms with Crippen LogP contribution >= 0.6 is 22.6 Å². The topological polar surface area (TPSA) is 94.9 Å². The number of carbonyl (C=O) groups is 1. The summed E-state index contributed by atoms with van der Waals surface area (Å²) in [7, 11) is 0. The minimum Gasteiger partial charge on any atom is -0.386 e. The van der Waals surface area contributed by atoms with Crippen LogP contribution in [-0.4, -0.2) is 40.7 Å². The Labute approximate surface area is 198 Å². The normalized spacial score (nSPS) is 16.9. The highest BCUT2D eigenvalue weighted by Gasteiger charge is 2.41. The van der Waals surface area contributed by atoms with E-state index in [0.717, 1.165) is 24.4 Å². The molecule has 2 heterocycles. The van der Waals surface area contributed by atoms with Gasteiger partial charge in [-0.1, -0.05) is 5.18 Å². The lowest BCUT2D eigenvalue weighted by atomic mass is 9.89.